The molecule has 30 heavy (non-hydrogen) atoms. The molecule has 2 amide bonds. The number of amides is 2. The highest BCUT2D eigenvalue weighted by molar-refractivity contribution is 7.21. The van der Waals surface area contributed by atoms with Crippen LogP contribution in [0.4, 0.5) is 0 Å². The number of nitrogens with zero attached hydrogens (tertiary/aromatic N) is 1. The quantitative estimate of drug-likeness (QED) is 0.209. The molecule has 0 saturated heterocycles. The Morgan fingerprint density at radius 1 is 0.700 bits per heavy atom. The van der Waals surface area contributed by atoms with Crippen LogP contribution in [0.15, 0.2) is 0 Å². The van der Waals surface area contributed by atoms with Crippen LogP contribution in [0.3, 0.4) is 0 Å². The third-order valence-electron chi connectivity index (χ3n) is 5.50. The molecule has 7 heteroatoms. The van der Waals surface area contributed by atoms with Crippen LogP contribution in [-0.2, 0) is 14.4 Å². The zero-order valence-electron chi connectivity index (χ0n) is 19.2. The minimum Gasteiger partial charge on any atom is -0.479 e. The van der Waals surface area contributed by atoms with Gasteiger partial charge in [-0.25, -0.2) is 4.79 Å². The monoisotopic (exact) mass is 445 g/mol. The van der Waals surface area contributed by atoms with E-state index in [0.29, 0.717) is 12.8 Å². The van der Waals surface area contributed by atoms with Gasteiger partial charge < -0.3 is 10.2 Å². The van der Waals surface area contributed by atoms with E-state index in [1.54, 1.807) is 0 Å². The maximum Gasteiger partial charge on any atom is 0.336 e. The van der Waals surface area contributed by atoms with E-state index in [1.807, 2.05) is 9.24 Å². The van der Waals surface area contributed by atoms with Crippen molar-refractivity contribution in [3.8, 4) is 0 Å². The molecule has 6 nitrogen and oxygen atoms in total. The van der Waals surface area contributed by atoms with E-state index in [9.17, 15) is 24.6 Å². The molecule has 0 fully saturated rings. The summed E-state index contributed by atoms with van der Waals surface area (Å²) in [5.41, 5.74) is 0. The van der Waals surface area contributed by atoms with Crippen LogP contribution in [0.1, 0.15) is 117 Å². The number of rotatable bonds is 19. The number of aliphatic carboxylic acids is 1. The van der Waals surface area contributed by atoms with Gasteiger partial charge in [-0.15, -0.1) is 0 Å². The molecule has 0 spiro atoms. The van der Waals surface area contributed by atoms with E-state index in [2.05, 4.69) is 13.8 Å². The molecule has 0 aromatic rings. The van der Waals surface area contributed by atoms with E-state index in [0.717, 1.165) is 43.4 Å². The summed E-state index contributed by atoms with van der Waals surface area (Å²) in [6, 6.07) is 0. The van der Waals surface area contributed by atoms with Gasteiger partial charge in [0.15, 0.2) is 5.28 Å². The fraction of sp³-hybridized carbons (Fsp3) is 0.870. The first-order chi connectivity index (χ1) is 14.3. The fourth-order valence-corrected chi connectivity index (χ4v) is 3.80. The number of aliphatic hydroxyl groups is 1. The first-order valence-electron chi connectivity index (χ1n) is 11.8. The van der Waals surface area contributed by atoms with Crippen LogP contribution in [0.5, 0.6) is 0 Å². The van der Waals surface area contributed by atoms with Gasteiger partial charge in [-0.05, 0) is 12.8 Å². The molecule has 0 aliphatic heterocycles. The Labute approximate surface area is 185 Å². The number of carboxylic acids is 1. The van der Waals surface area contributed by atoms with Gasteiger partial charge in [0.1, 0.15) is 0 Å². The first kappa shape index (κ1) is 29.0. The van der Waals surface area contributed by atoms with Crippen molar-refractivity contribution in [2.24, 2.45) is 0 Å². The molecule has 0 aliphatic rings. The van der Waals surface area contributed by atoms with Crippen molar-refractivity contribution in [1.29, 1.82) is 0 Å². The van der Waals surface area contributed by atoms with Crippen LogP contribution in [0.2, 0.25) is 0 Å². The number of carbonyl (C=O) groups excluding carboxylic acids is 2. The molecule has 0 radical (unpaired) electrons. The summed E-state index contributed by atoms with van der Waals surface area (Å²) in [6.45, 7) is 3.50. The Morgan fingerprint density at radius 2 is 1.03 bits per heavy atom. The zero-order chi connectivity index (χ0) is 22.8. The predicted molar refractivity (Wildman–Crippen MR) is 124 cm³/mol. The Kier molecular flexibility index (Phi) is 17.1. The summed E-state index contributed by atoms with van der Waals surface area (Å²) in [7, 11) is 2.01. The van der Waals surface area contributed by atoms with Crippen LogP contribution < -0.4 is 0 Å². The second-order valence-corrected chi connectivity index (χ2v) is 9.21. The molecule has 0 aliphatic carbocycles. The van der Waals surface area contributed by atoms with Crippen LogP contribution in [-0.4, -0.2) is 44.8 Å². The van der Waals surface area contributed by atoms with E-state index in [4.69, 9.17) is 0 Å². The lowest BCUT2D eigenvalue weighted by molar-refractivity contribution is -0.162. The largest absolute Gasteiger partial charge is 0.479 e. The molecule has 0 saturated carbocycles. The summed E-state index contributed by atoms with van der Waals surface area (Å²) < 4.78 is 0. The second-order valence-electron chi connectivity index (χ2n) is 8.25. The van der Waals surface area contributed by atoms with Crippen molar-refractivity contribution in [2.45, 2.75) is 122 Å². The van der Waals surface area contributed by atoms with Gasteiger partial charge in [0.2, 0.25) is 11.8 Å². The predicted octanol–water partition coefficient (Wildman–Crippen LogP) is 5.27. The summed E-state index contributed by atoms with van der Waals surface area (Å²) in [6.07, 6.45) is 14.7. The van der Waals surface area contributed by atoms with Gasteiger partial charge in [-0.3, -0.25) is 14.5 Å². The fourth-order valence-electron chi connectivity index (χ4n) is 3.51. The smallest absolute Gasteiger partial charge is 0.336 e. The average molecular weight is 446 g/mol. The molecule has 0 aromatic carbocycles. The molecule has 0 aromatic heterocycles. The average Bonchev–Trinajstić information content (AvgIpc) is 2.72. The second kappa shape index (κ2) is 17.7. The highest BCUT2D eigenvalue weighted by atomic mass is 31.0. The summed E-state index contributed by atoms with van der Waals surface area (Å²) in [4.78, 5) is 38.0. The number of hydrogen-bond acceptors (Lipinski definition) is 4. The lowest BCUT2D eigenvalue weighted by Crippen LogP contribution is -2.57. The molecular formula is C23H44NO5P. The minimum atomic E-state index is -1.99. The normalized spacial score (nSPS) is 13.1. The number of hydrogen-bond donors (Lipinski definition) is 2. The lowest BCUT2D eigenvalue weighted by atomic mass is 10.1. The molecule has 2 N–H and O–H groups in total. The topological polar surface area (TPSA) is 94.9 Å². The number of unbranched alkanes of at least 4 members (excludes halogenated alkanes) is 12. The summed E-state index contributed by atoms with van der Waals surface area (Å²) >= 11 is 0. The van der Waals surface area contributed by atoms with Crippen molar-refractivity contribution in [2.75, 3.05) is 6.61 Å². The Morgan fingerprint density at radius 3 is 1.33 bits per heavy atom. The summed E-state index contributed by atoms with van der Waals surface area (Å²) in [5, 5.41) is 17.2. The minimum absolute atomic E-state index is 0.125. The standard InChI is InChI=1S/C23H44NO5P/c1-3-5-7-9-11-13-15-17-20(26)24(23(30,19-25)22(28)29)21(27)18-16-14-12-10-8-6-4-2/h25H,3-19,30H2,1-2H3,(H,28,29). The lowest BCUT2D eigenvalue weighted by Gasteiger charge is -2.35. The van der Waals surface area contributed by atoms with Gasteiger partial charge in [0.25, 0.3) is 0 Å². The Balaban J connectivity index is 4.69. The molecule has 2 atom stereocenters. The van der Waals surface area contributed by atoms with E-state index in [-0.39, 0.29) is 12.8 Å². The first-order valence-corrected chi connectivity index (χ1v) is 12.4. The van der Waals surface area contributed by atoms with Crippen LogP contribution in [0.25, 0.3) is 0 Å². The number of carbonyl (C=O) groups is 3. The van der Waals surface area contributed by atoms with E-state index in [1.165, 1.54) is 38.5 Å². The highest BCUT2D eigenvalue weighted by Crippen LogP contribution is 2.27. The van der Waals surface area contributed by atoms with Gasteiger partial charge in [-0.1, -0.05) is 100 Å². The maximum atomic E-state index is 12.8. The highest BCUT2D eigenvalue weighted by Gasteiger charge is 2.45. The maximum absolute atomic E-state index is 12.8. The third-order valence-corrected chi connectivity index (χ3v) is 6.19. The van der Waals surface area contributed by atoms with E-state index < -0.39 is 29.7 Å². The van der Waals surface area contributed by atoms with E-state index >= 15 is 0 Å². The molecular weight excluding hydrogens is 401 g/mol. The Hall–Kier alpha value is -1.00. The van der Waals surface area contributed by atoms with Gasteiger partial charge in [-0.2, -0.15) is 0 Å². The molecule has 0 bridgehead atoms. The van der Waals surface area contributed by atoms with Crippen molar-refractivity contribution in [3.05, 3.63) is 0 Å². The summed E-state index contributed by atoms with van der Waals surface area (Å²) in [5.74, 6) is -2.42. The van der Waals surface area contributed by atoms with Crippen molar-refractivity contribution in [1.82, 2.24) is 4.90 Å². The van der Waals surface area contributed by atoms with Crippen molar-refractivity contribution >= 4 is 27.0 Å². The number of aliphatic hydroxyl groups excluding tert-OH is 1. The Bertz CT molecular complexity index is 470. The zero-order valence-corrected chi connectivity index (χ0v) is 20.3. The molecule has 0 rings (SSSR count). The molecule has 0 heterocycles. The van der Waals surface area contributed by atoms with Gasteiger partial charge >= 0.3 is 5.97 Å². The number of carboxylic acid groups (broad SMARTS) is 1. The van der Waals surface area contributed by atoms with Gasteiger partial charge in [0.05, 0.1) is 6.61 Å². The van der Waals surface area contributed by atoms with Crippen LogP contribution in [0, 0.1) is 0 Å². The van der Waals surface area contributed by atoms with Gasteiger partial charge in [0, 0.05) is 12.8 Å². The van der Waals surface area contributed by atoms with Crippen LogP contribution >= 0.6 is 9.24 Å². The molecule has 176 valence electrons. The third kappa shape index (κ3) is 11.4. The number of imide groups is 1. The molecule has 2 unspecified atom stereocenters. The SMILES string of the molecule is CCCCCCCCCC(=O)N(C(=O)CCCCCCCCC)C(P)(CO)C(=O)O. The van der Waals surface area contributed by atoms with Crippen molar-refractivity contribution in [3.63, 3.8) is 0 Å². The van der Waals surface area contributed by atoms with Crippen molar-refractivity contribution < 1.29 is 24.6 Å².